The summed E-state index contributed by atoms with van der Waals surface area (Å²) < 4.78 is 24.4. The SMILES string of the molecule is O=S1(=O)C(CNC2CC2)=Cc2cc(Cl)ccc21. The van der Waals surface area contributed by atoms with Crippen molar-refractivity contribution < 1.29 is 8.42 Å². The van der Waals surface area contributed by atoms with Gasteiger partial charge < -0.3 is 5.32 Å². The Labute approximate surface area is 105 Å². The van der Waals surface area contributed by atoms with E-state index in [9.17, 15) is 8.42 Å². The Bertz CT molecular complexity index is 603. The average Bonchev–Trinajstić information content (AvgIpc) is 3.03. The Morgan fingerprint density at radius 3 is 2.82 bits per heavy atom. The van der Waals surface area contributed by atoms with Crippen LogP contribution >= 0.6 is 11.6 Å². The van der Waals surface area contributed by atoms with Gasteiger partial charge in [0.2, 0.25) is 9.84 Å². The van der Waals surface area contributed by atoms with Gasteiger partial charge in [-0.05, 0) is 42.7 Å². The first-order chi connectivity index (χ1) is 8.07. The number of nitrogens with one attached hydrogen (secondary N) is 1. The van der Waals surface area contributed by atoms with E-state index in [-0.39, 0.29) is 0 Å². The molecule has 3 rings (SSSR count). The number of hydrogen-bond donors (Lipinski definition) is 1. The van der Waals surface area contributed by atoms with E-state index in [0.29, 0.717) is 33.0 Å². The molecule has 0 amide bonds. The first-order valence-electron chi connectivity index (χ1n) is 5.56. The van der Waals surface area contributed by atoms with Crippen LogP contribution in [-0.2, 0) is 9.84 Å². The summed E-state index contributed by atoms with van der Waals surface area (Å²) in [5.41, 5.74) is 0.699. The van der Waals surface area contributed by atoms with Gasteiger partial charge in [0.25, 0.3) is 0 Å². The molecule has 1 aromatic rings. The molecule has 1 saturated carbocycles. The fourth-order valence-corrected chi connectivity index (χ4v) is 3.64. The fourth-order valence-electron chi connectivity index (χ4n) is 1.95. The summed E-state index contributed by atoms with van der Waals surface area (Å²) in [5.74, 6) is 0. The minimum absolute atomic E-state index is 0.370. The topological polar surface area (TPSA) is 46.2 Å². The van der Waals surface area contributed by atoms with Gasteiger partial charge in [0, 0.05) is 17.6 Å². The van der Waals surface area contributed by atoms with Gasteiger partial charge in [-0.2, -0.15) is 0 Å². The van der Waals surface area contributed by atoms with E-state index in [0.717, 1.165) is 12.8 Å². The van der Waals surface area contributed by atoms with Crippen molar-refractivity contribution in [1.82, 2.24) is 5.32 Å². The van der Waals surface area contributed by atoms with Crippen LogP contribution in [0.3, 0.4) is 0 Å². The van der Waals surface area contributed by atoms with Gasteiger partial charge in [0.15, 0.2) is 0 Å². The van der Waals surface area contributed by atoms with Gasteiger partial charge in [0.1, 0.15) is 0 Å². The molecular formula is C12H12ClNO2S. The molecule has 1 heterocycles. The number of benzene rings is 1. The lowest BCUT2D eigenvalue weighted by molar-refractivity contribution is 0.600. The second kappa shape index (κ2) is 3.83. The van der Waals surface area contributed by atoms with E-state index in [2.05, 4.69) is 5.32 Å². The van der Waals surface area contributed by atoms with Crippen LogP contribution < -0.4 is 5.32 Å². The summed E-state index contributed by atoms with van der Waals surface area (Å²) in [6, 6.07) is 5.38. The normalized spacial score (nSPS) is 21.1. The predicted molar refractivity (Wildman–Crippen MR) is 67.6 cm³/mol. The maximum Gasteiger partial charge on any atom is 0.204 e. The lowest BCUT2D eigenvalue weighted by Crippen LogP contribution is -2.21. The second-order valence-electron chi connectivity index (χ2n) is 4.45. The van der Waals surface area contributed by atoms with Crippen molar-refractivity contribution in [2.75, 3.05) is 6.54 Å². The Morgan fingerprint density at radius 1 is 1.35 bits per heavy atom. The smallest absolute Gasteiger partial charge is 0.204 e. The number of rotatable bonds is 3. The molecule has 1 aromatic carbocycles. The van der Waals surface area contributed by atoms with E-state index in [1.54, 1.807) is 24.3 Å². The zero-order valence-corrected chi connectivity index (χ0v) is 10.7. The summed E-state index contributed by atoms with van der Waals surface area (Å²) in [4.78, 5) is 0.816. The van der Waals surface area contributed by atoms with Gasteiger partial charge in [-0.3, -0.25) is 0 Å². The van der Waals surface area contributed by atoms with Crippen LogP contribution in [0.5, 0.6) is 0 Å². The molecule has 90 valence electrons. The van der Waals surface area contributed by atoms with Crippen molar-refractivity contribution in [1.29, 1.82) is 0 Å². The van der Waals surface area contributed by atoms with Crippen molar-refractivity contribution in [3.05, 3.63) is 33.7 Å². The van der Waals surface area contributed by atoms with E-state index >= 15 is 0 Å². The maximum absolute atomic E-state index is 12.2. The lowest BCUT2D eigenvalue weighted by atomic mass is 10.2. The molecule has 17 heavy (non-hydrogen) atoms. The van der Waals surface area contributed by atoms with Crippen LogP contribution in [0.4, 0.5) is 0 Å². The molecule has 2 aliphatic rings. The van der Waals surface area contributed by atoms with E-state index in [1.165, 1.54) is 0 Å². The molecule has 1 fully saturated rings. The highest BCUT2D eigenvalue weighted by molar-refractivity contribution is 7.95. The third-order valence-electron chi connectivity index (χ3n) is 3.07. The van der Waals surface area contributed by atoms with Gasteiger partial charge in [-0.25, -0.2) is 8.42 Å². The van der Waals surface area contributed by atoms with E-state index in [1.807, 2.05) is 0 Å². The minimum Gasteiger partial charge on any atom is -0.309 e. The maximum atomic E-state index is 12.2. The van der Waals surface area contributed by atoms with Gasteiger partial charge >= 0.3 is 0 Å². The van der Waals surface area contributed by atoms with Crippen LogP contribution in [0.2, 0.25) is 5.02 Å². The first-order valence-corrected chi connectivity index (χ1v) is 7.42. The van der Waals surface area contributed by atoms with Gasteiger partial charge in [-0.1, -0.05) is 11.6 Å². The van der Waals surface area contributed by atoms with Crippen molar-refractivity contribution in [3.8, 4) is 0 Å². The number of hydrogen-bond acceptors (Lipinski definition) is 3. The molecule has 0 atom stereocenters. The van der Waals surface area contributed by atoms with Crippen molar-refractivity contribution >= 4 is 27.5 Å². The van der Waals surface area contributed by atoms with Crippen LogP contribution in [0.25, 0.3) is 6.08 Å². The lowest BCUT2D eigenvalue weighted by Gasteiger charge is -2.04. The molecule has 0 bridgehead atoms. The summed E-state index contributed by atoms with van der Waals surface area (Å²) in [5, 5.41) is 3.78. The van der Waals surface area contributed by atoms with Gasteiger partial charge in [-0.15, -0.1) is 0 Å². The Hall–Kier alpha value is -0.840. The molecule has 0 radical (unpaired) electrons. The monoisotopic (exact) mass is 269 g/mol. The highest BCUT2D eigenvalue weighted by Gasteiger charge is 2.30. The van der Waals surface area contributed by atoms with E-state index < -0.39 is 9.84 Å². The highest BCUT2D eigenvalue weighted by Crippen LogP contribution is 2.34. The first kappa shape index (κ1) is 11.3. The Balaban J connectivity index is 1.93. The molecule has 0 saturated heterocycles. The molecule has 1 N–H and O–H groups in total. The third kappa shape index (κ3) is 2.01. The molecule has 3 nitrogen and oxygen atoms in total. The Kier molecular flexibility index (Phi) is 2.54. The molecule has 0 aromatic heterocycles. The molecule has 1 aliphatic carbocycles. The minimum atomic E-state index is -3.29. The standard InChI is InChI=1S/C12H12ClNO2S/c13-9-1-4-12-8(5-9)6-11(17(12,15)16)7-14-10-2-3-10/h1,4-6,10,14H,2-3,7H2. The number of halogens is 1. The quantitative estimate of drug-likeness (QED) is 0.915. The van der Waals surface area contributed by atoms with Gasteiger partial charge in [0.05, 0.1) is 9.80 Å². The second-order valence-corrected chi connectivity index (χ2v) is 6.86. The predicted octanol–water partition coefficient (Wildman–Crippen LogP) is 2.22. The van der Waals surface area contributed by atoms with Crippen LogP contribution in [0.15, 0.2) is 28.0 Å². The van der Waals surface area contributed by atoms with Crippen LogP contribution in [0, 0.1) is 0 Å². The summed E-state index contributed by atoms with van der Waals surface area (Å²) in [6.45, 7) is 0.416. The Morgan fingerprint density at radius 2 is 2.12 bits per heavy atom. The van der Waals surface area contributed by atoms with Crippen molar-refractivity contribution in [2.45, 2.75) is 23.8 Å². The zero-order valence-electron chi connectivity index (χ0n) is 9.11. The van der Waals surface area contributed by atoms with Crippen LogP contribution in [-0.4, -0.2) is 21.0 Å². The zero-order chi connectivity index (χ0) is 12.0. The molecule has 5 heteroatoms. The highest BCUT2D eigenvalue weighted by atomic mass is 35.5. The number of fused-ring (bicyclic) bond motifs is 1. The van der Waals surface area contributed by atoms with E-state index in [4.69, 9.17) is 11.6 Å². The molecule has 0 unspecified atom stereocenters. The number of sulfone groups is 1. The molecule has 1 aliphatic heterocycles. The van der Waals surface area contributed by atoms with Crippen molar-refractivity contribution in [3.63, 3.8) is 0 Å². The summed E-state index contributed by atoms with van der Waals surface area (Å²) in [7, 11) is -3.29. The largest absolute Gasteiger partial charge is 0.309 e. The fraction of sp³-hybridized carbons (Fsp3) is 0.333. The average molecular weight is 270 g/mol. The summed E-state index contributed by atoms with van der Waals surface area (Å²) >= 11 is 5.86. The van der Waals surface area contributed by atoms with Crippen molar-refractivity contribution in [2.24, 2.45) is 0 Å². The summed E-state index contributed by atoms with van der Waals surface area (Å²) in [6.07, 6.45) is 4.00. The van der Waals surface area contributed by atoms with Crippen LogP contribution in [0.1, 0.15) is 18.4 Å². The molecular weight excluding hydrogens is 258 g/mol. The third-order valence-corrected chi connectivity index (χ3v) is 5.20. The molecule has 0 spiro atoms.